The van der Waals surface area contributed by atoms with Crippen LogP contribution >= 0.6 is 0 Å². The van der Waals surface area contributed by atoms with Gasteiger partial charge in [0.25, 0.3) is 0 Å². The van der Waals surface area contributed by atoms with Gasteiger partial charge in [0.15, 0.2) is 0 Å². The van der Waals surface area contributed by atoms with Crippen molar-refractivity contribution in [2.24, 2.45) is 0 Å². The molecule has 6 nitrogen and oxygen atoms in total. The first kappa shape index (κ1) is 20.5. The van der Waals surface area contributed by atoms with E-state index in [1.54, 1.807) is 42.6 Å². The molecule has 0 atom stereocenters. The van der Waals surface area contributed by atoms with Crippen LogP contribution in [0.2, 0.25) is 0 Å². The summed E-state index contributed by atoms with van der Waals surface area (Å²) in [6.07, 6.45) is -2.72. The molecule has 0 spiro atoms. The van der Waals surface area contributed by atoms with Gasteiger partial charge in [-0.3, -0.25) is 0 Å². The van der Waals surface area contributed by atoms with E-state index in [-0.39, 0.29) is 19.2 Å². The maximum Gasteiger partial charge on any atom is 0.411 e. The topological polar surface area (TPSA) is 72.5 Å². The van der Waals surface area contributed by atoms with E-state index in [2.05, 4.69) is 20.4 Å². The van der Waals surface area contributed by atoms with Crippen LogP contribution in [-0.4, -0.2) is 30.9 Å². The van der Waals surface area contributed by atoms with E-state index in [1.165, 1.54) is 7.11 Å². The van der Waals surface area contributed by atoms with Crippen LogP contribution in [0, 0.1) is 0 Å². The number of urea groups is 1. The lowest BCUT2D eigenvalue weighted by atomic mass is 10.1. The molecule has 0 aliphatic carbocycles. The molecule has 1 heterocycles. The molecule has 2 rings (SSSR count). The molecule has 2 aromatic rings. The first-order valence-corrected chi connectivity index (χ1v) is 8.08. The number of hydrogen-bond donors (Lipinski definition) is 2. The Balaban J connectivity index is 1.69. The Morgan fingerprint density at radius 2 is 1.59 bits per heavy atom. The normalized spacial score (nSPS) is 11.1. The predicted molar refractivity (Wildman–Crippen MR) is 92.0 cm³/mol. The van der Waals surface area contributed by atoms with Crippen LogP contribution in [0.5, 0.6) is 5.88 Å². The molecule has 27 heavy (non-hydrogen) atoms. The highest BCUT2D eigenvalue weighted by Crippen LogP contribution is 2.15. The summed E-state index contributed by atoms with van der Waals surface area (Å²) >= 11 is 0. The Labute approximate surface area is 154 Å². The number of aromatic nitrogens is 1. The van der Waals surface area contributed by atoms with E-state index in [1.807, 2.05) is 0 Å². The molecule has 1 aromatic carbocycles. The van der Waals surface area contributed by atoms with E-state index in [0.717, 1.165) is 11.1 Å². The third kappa shape index (κ3) is 7.95. The molecule has 0 aliphatic rings. The molecule has 1 aromatic heterocycles. The molecule has 9 heteroatoms. The number of pyridine rings is 1. The fourth-order valence-corrected chi connectivity index (χ4v) is 2.10. The predicted octanol–water partition coefficient (Wildman–Crippen LogP) is 3.17. The molecule has 0 radical (unpaired) electrons. The fraction of sp³-hybridized carbons (Fsp3) is 0.333. The third-order valence-corrected chi connectivity index (χ3v) is 3.47. The zero-order valence-corrected chi connectivity index (χ0v) is 14.7. The maximum absolute atomic E-state index is 12.0. The van der Waals surface area contributed by atoms with Crippen molar-refractivity contribution in [3.8, 4) is 5.88 Å². The Morgan fingerprint density at radius 1 is 1.00 bits per heavy atom. The number of amides is 2. The number of benzene rings is 1. The van der Waals surface area contributed by atoms with Crippen LogP contribution in [0.25, 0.3) is 0 Å². The first-order chi connectivity index (χ1) is 12.9. The molecular formula is C18H20F3N3O3. The van der Waals surface area contributed by atoms with Gasteiger partial charge in [0, 0.05) is 25.4 Å². The summed E-state index contributed by atoms with van der Waals surface area (Å²) in [6.45, 7) is -0.793. The van der Waals surface area contributed by atoms with Crippen molar-refractivity contribution >= 4 is 6.03 Å². The van der Waals surface area contributed by atoms with Gasteiger partial charge in [-0.2, -0.15) is 13.2 Å². The molecule has 0 bridgehead atoms. The lowest BCUT2D eigenvalue weighted by Gasteiger charge is -2.10. The summed E-state index contributed by atoms with van der Waals surface area (Å²) in [5.74, 6) is 0.496. The number of halogens is 3. The van der Waals surface area contributed by atoms with E-state index in [4.69, 9.17) is 4.74 Å². The van der Waals surface area contributed by atoms with Gasteiger partial charge in [0.1, 0.15) is 6.61 Å². The molecular weight excluding hydrogens is 363 g/mol. The molecule has 0 fully saturated rings. The number of methoxy groups -OCH3 is 1. The Bertz CT molecular complexity index is 719. The number of nitrogens with one attached hydrogen (secondary N) is 2. The third-order valence-electron chi connectivity index (χ3n) is 3.47. The van der Waals surface area contributed by atoms with Crippen LogP contribution in [0.1, 0.15) is 16.7 Å². The van der Waals surface area contributed by atoms with Gasteiger partial charge in [-0.25, -0.2) is 9.78 Å². The van der Waals surface area contributed by atoms with Gasteiger partial charge in [0.05, 0.1) is 13.7 Å². The summed E-state index contributed by atoms with van der Waals surface area (Å²) in [6, 6.07) is 9.92. The number of ether oxygens (including phenoxy) is 2. The SMILES string of the molecule is COc1ccc(CNC(=O)NCc2ccc(COCC(F)(F)F)cc2)cn1. The average molecular weight is 383 g/mol. The summed E-state index contributed by atoms with van der Waals surface area (Å²) in [7, 11) is 1.52. The van der Waals surface area contributed by atoms with Crippen LogP contribution in [0.3, 0.4) is 0 Å². The van der Waals surface area contributed by atoms with Crippen molar-refractivity contribution in [1.29, 1.82) is 0 Å². The van der Waals surface area contributed by atoms with Crippen LogP contribution in [0.15, 0.2) is 42.6 Å². The van der Waals surface area contributed by atoms with Crippen molar-refractivity contribution in [2.75, 3.05) is 13.7 Å². The largest absolute Gasteiger partial charge is 0.481 e. The van der Waals surface area contributed by atoms with Gasteiger partial charge in [-0.1, -0.05) is 30.3 Å². The molecule has 2 N–H and O–H groups in total. The summed E-state index contributed by atoms with van der Waals surface area (Å²) < 4.78 is 45.6. The minimum Gasteiger partial charge on any atom is -0.481 e. The van der Waals surface area contributed by atoms with Gasteiger partial charge < -0.3 is 20.1 Å². The van der Waals surface area contributed by atoms with Crippen LogP contribution in [0.4, 0.5) is 18.0 Å². The average Bonchev–Trinajstić information content (AvgIpc) is 2.65. The first-order valence-electron chi connectivity index (χ1n) is 8.08. The zero-order valence-electron chi connectivity index (χ0n) is 14.7. The Morgan fingerprint density at radius 3 is 2.15 bits per heavy atom. The van der Waals surface area contributed by atoms with Crippen LogP contribution < -0.4 is 15.4 Å². The van der Waals surface area contributed by atoms with E-state index in [9.17, 15) is 18.0 Å². The second-order valence-corrected chi connectivity index (χ2v) is 5.67. The molecule has 0 saturated carbocycles. The number of nitrogens with zero attached hydrogens (tertiary/aromatic N) is 1. The van der Waals surface area contributed by atoms with Crippen molar-refractivity contribution in [3.63, 3.8) is 0 Å². The summed E-state index contributed by atoms with van der Waals surface area (Å²) in [5.41, 5.74) is 2.27. The van der Waals surface area contributed by atoms with Crippen molar-refractivity contribution in [2.45, 2.75) is 25.9 Å². The number of carbonyl (C=O) groups is 1. The van der Waals surface area contributed by atoms with Gasteiger partial charge >= 0.3 is 12.2 Å². The standard InChI is InChI=1S/C18H20F3N3O3/c1-26-16-7-6-15(9-22-16)10-24-17(25)23-8-13-2-4-14(5-3-13)11-27-12-18(19,20)21/h2-7,9H,8,10-12H2,1H3,(H2,23,24,25). The van der Waals surface area contributed by atoms with E-state index < -0.39 is 12.8 Å². The Hall–Kier alpha value is -2.81. The highest BCUT2D eigenvalue weighted by molar-refractivity contribution is 5.73. The quantitative estimate of drug-likeness (QED) is 0.735. The minimum atomic E-state index is -4.33. The zero-order chi connectivity index (χ0) is 19.7. The highest BCUT2D eigenvalue weighted by Gasteiger charge is 2.27. The minimum absolute atomic E-state index is 0.121. The fourth-order valence-electron chi connectivity index (χ4n) is 2.10. The van der Waals surface area contributed by atoms with Crippen molar-refractivity contribution < 1.29 is 27.4 Å². The van der Waals surface area contributed by atoms with Crippen molar-refractivity contribution in [3.05, 3.63) is 59.3 Å². The van der Waals surface area contributed by atoms with Crippen LogP contribution in [-0.2, 0) is 24.4 Å². The van der Waals surface area contributed by atoms with Gasteiger partial charge in [-0.05, 0) is 16.7 Å². The van der Waals surface area contributed by atoms with E-state index in [0.29, 0.717) is 18.0 Å². The molecule has 2 amide bonds. The smallest absolute Gasteiger partial charge is 0.411 e. The highest BCUT2D eigenvalue weighted by atomic mass is 19.4. The second-order valence-electron chi connectivity index (χ2n) is 5.67. The van der Waals surface area contributed by atoms with Gasteiger partial charge in [0.2, 0.25) is 5.88 Å². The summed E-state index contributed by atoms with van der Waals surface area (Å²) in [4.78, 5) is 15.9. The lowest BCUT2D eigenvalue weighted by molar-refractivity contribution is -0.176. The number of rotatable bonds is 8. The number of alkyl halides is 3. The molecule has 0 saturated heterocycles. The molecule has 0 aliphatic heterocycles. The van der Waals surface area contributed by atoms with Crippen molar-refractivity contribution in [1.82, 2.24) is 15.6 Å². The maximum atomic E-state index is 12.0. The Kier molecular flexibility index (Phi) is 7.42. The molecule has 146 valence electrons. The number of hydrogen-bond acceptors (Lipinski definition) is 4. The lowest BCUT2D eigenvalue weighted by Crippen LogP contribution is -2.34. The number of carbonyl (C=O) groups excluding carboxylic acids is 1. The monoisotopic (exact) mass is 383 g/mol. The molecule has 0 unspecified atom stereocenters. The second kappa shape index (κ2) is 9.77. The van der Waals surface area contributed by atoms with Gasteiger partial charge in [-0.15, -0.1) is 0 Å². The van der Waals surface area contributed by atoms with E-state index >= 15 is 0 Å². The summed E-state index contributed by atoms with van der Waals surface area (Å²) in [5, 5.41) is 5.40.